The van der Waals surface area contributed by atoms with E-state index >= 15 is 0 Å². The molecule has 22 heavy (non-hydrogen) atoms. The molecule has 1 aromatic rings. The highest BCUT2D eigenvalue weighted by atomic mass is 31.2. The summed E-state index contributed by atoms with van der Waals surface area (Å²) in [5.74, 6) is 0. The largest absolute Gasteiger partial charge is 0.341 e. The highest BCUT2D eigenvalue weighted by Gasteiger charge is 2.43. The second-order valence-electron chi connectivity index (χ2n) is 5.26. The van der Waals surface area contributed by atoms with Crippen molar-refractivity contribution in [1.29, 1.82) is 0 Å². The Labute approximate surface area is 128 Å². The Kier molecular flexibility index (Phi) is 6.67. The Morgan fingerprint density at radius 3 is 2.36 bits per heavy atom. The van der Waals surface area contributed by atoms with Gasteiger partial charge in [-0.15, -0.1) is 5.10 Å². The number of aryl methyl sites for hydroxylation is 1. The van der Waals surface area contributed by atoms with Crippen molar-refractivity contribution in [2.24, 2.45) is 0 Å². The topological polar surface area (TPSA) is 146 Å². The van der Waals surface area contributed by atoms with E-state index in [0.717, 1.165) is 12.8 Å². The van der Waals surface area contributed by atoms with Crippen LogP contribution in [-0.2, 0) is 22.1 Å². The first kappa shape index (κ1) is 19.2. The zero-order chi connectivity index (χ0) is 17.0. The van der Waals surface area contributed by atoms with Gasteiger partial charge in [0.05, 0.1) is 5.69 Å². The number of unbranched alkanes of at least 4 members (excludes halogenated alkanes) is 1. The van der Waals surface area contributed by atoms with E-state index in [9.17, 15) is 9.13 Å². The molecular weight excluding hydrogens is 332 g/mol. The van der Waals surface area contributed by atoms with Crippen LogP contribution >= 0.6 is 15.2 Å². The maximum Gasteiger partial charge on any atom is 0.341 e. The van der Waals surface area contributed by atoms with Crippen LogP contribution in [0.3, 0.4) is 0 Å². The van der Waals surface area contributed by atoms with Crippen molar-refractivity contribution >= 4 is 15.2 Å². The minimum Gasteiger partial charge on any atom is -0.324 e. The van der Waals surface area contributed by atoms with E-state index in [-0.39, 0.29) is 5.69 Å². The predicted octanol–water partition coefficient (Wildman–Crippen LogP) is 1.25. The fourth-order valence-electron chi connectivity index (χ4n) is 1.81. The molecule has 1 rings (SSSR count). The standard InChI is InChI=1S/C11H21N3O6P2/c1-9(2)5-3-4-6-14-8-10(12-13-14)7-11(21(15,16)17)22(18,19)20/h5,8,11H,3-4,6-7H2,1-2H3,(H2,15,16,17)(H2,18,19,20). The SMILES string of the molecule is CC(C)=CCCCn1cc(CC(P(=O)(O)O)P(=O)(O)O)nn1. The molecule has 1 aromatic heterocycles. The first-order valence-electron chi connectivity index (χ1n) is 6.63. The van der Waals surface area contributed by atoms with Crippen molar-refractivity contribution in [3.63, 3.8) is 0 Å². The fraction of sp³-hybridized carbons (Fsp3) is 0.636. The number of aromatic nitrogens is 3. The molecule has 0 spiro atoms. The summed E-state index contributed by atoms with van der Waals surface area (Å²) < 4.78 is 23.9. The fourth-order valence-corrected chi connectivity index (χ4v) is 4.22. The molecule has 0 radical (unpaired) electrons. The van der Waals surface area contributed by atoms with Crippen LogP contribution in [0.25, 0.3) is 0 Å². The van der Waals surface area contributed by atoms with Crippen LogP contribution in [0.15, 0.2) is 17.8 Å². The smallest absolute Gasteiger partial charge is 0.324 e. The van der Waals surface area contributed by atoms with Gasteiger partial charge < -0.3 is 19.6 Å². The number of nitrogens with zero attached hydrogens (tertiary/aromatic N) is 3. The molecule has 0 aromatic carbocycles. The number of hydrogen-bond donors (Lipinski definition) is 4. The summed E-state index contributed by atoms with van der Waals surface area (Å²) in [4.78, 5) is 36.3. The van der Waals surface area contributed by atoms with E-state index in [1.54, 1.807) is 0 Å². The monoisotopic (exact) mass is 353 g/mol. The molecular formula is C11H21N3O6P2. The third-order valence-corrected chi connectivity index (χ3v) is 6.62. The molecule has 0 aliphatic heterocycles. The summed E-state index contributed by atoms with van der Waals surface area (Å²) >= 11 is 0. The molecule has 0 amide bonds. The van der Waals surface area contributed by atoms with Gasteiger partial charge in [0.2, 0.25) is 0 Å². The summed E-state index contributed by atoms with van der Waals surface area (Å²) in [6.45, 7) is 4.56. The number of rotatable bonds is 8. The normalized spacial score (nSPS) is 12.7. The van der Waals surface area contributed by atoms with Crippen molar-refractivity contribution in [1.82, 2.24) is 15.0 Å². The lowest BCUT2D eigenvalue weighted by Gasteiger charge is -2.18. The first-order valence-corrected chi connectivity index (χ1v) is 9.99. The average Bonchev–Trinajstić information content (AvgIpc) is 2.76. The molecule has 11 heteroatoms. The summed E-state index contributed by atoms with van der Waals surface area (Å²) in [6, 6.07) is 0. The highest BCUT2D eigenvalue weighted by molar-refractivity contribution is 7.70. The molecule has 0 saturated carbocycles. The second kappa shape index (κ2) is 7.64. The van der Waals surface area contributed by atoms with Gasteiger partial charge in [-0.25, -0.2) is 0 Å². The van der Waals surface area contributed by atoms with Crippen LogP contribution in [0, 0.1) is 0 Å². The molecule has 4 N–H and O–H groups in total. The van der Waals surface area contributed by atoms with E-state index in [4.69, 9.17) is 19.6 Å². The molecule has 0 atom stereocenters. The van der Waals surface area contributed by atoms with E-state index in [2.05, 4.69) is 16.4 Å². The Balaban J connectivity index is 2.69. The molecule has 0 bridgehead atoms. The summed E-state index contributed by atoms with van der Waals surface area (Å²) in [7, 11) is -9.88. The minimum atomic E-state index is -4.94. The first-order chi connectivity index (χ1) is 10.00. The highest BCUT2D eigenvalue weighted by Crippen LogP contribution is 2.60. The van der Waals surface area contributed by atoms with Gasteiger partial charge in [-0.05, 0) is 26.7 Å². The Morgan fingerprint density at radius 1 is 1.27 bits per heavy atom. The Morgan fingerprint density at radius 2 is 1.86 bits per heavy atom. The average molecular weight is 353 g/mol. The third kappa shape index (κ3) is 6.52. The predicted molar refractivity (Wildman–Crippen MR) is 80.3 cm³/mol. The second-order valence-corrected chi connectivity index (χ2v) is 9.27. The zero-order valence-corrected chi connectivity index (χ0v) is 14.2. The van der Waals surface area contributed by atoms with Gasteiger partial charge in [0.25, 0.3) is 0 Å². The van der Waals surface area contributed by atoms with Gasteiger partial charge in [-0.1, -0.05) is 16.9 Å². The molecule has 0 aliphatic carbocycles. The summed E-state index contributed by atoms with van der Waals surface area (Å²) in [5, 5.41) is 5.41. The van der Waals surface area contributed by atoms with Gasteiger partial charge >= 0.3 is 15.2 Å². The summed E-state index contributed by atoms with van der Waals surface area (Å²) in [6.07, 6.45) is 4.68. The molecule has 0 saturated heterocycles. The zero-order valence-electron chi connectivity index (χ0n) is 12.4. The maximum absolute atomic E-state index is 11.2. The molecule has 0 aliphatic rings. The molecule has 126 valence electrons. The third-order valence-electron chi connectivity index (χ3n) is 2.90. The van der Waals surface area contributed by atoms with Crippen molar-refractivity contribution in [3.8, 4) is 0 Å². The van der Waals surface area contributed by atoms with Crippen LogP contribution in [0.4, 0.5) is 0 Å². The lowest BCUT2D eigenvalue weighted by atomic mass is 10.2. The lowest BCUT2D eigenvalue weighted by Crippen LogP contribution is -2.13. The molecule has 0 unspecified atom stereocenters. The van der Waals surface area contributed by atoms with Crippen LogP contribution in [0.1, 0.15) is 32.4 Å². The Bertz CT molecular complexity index is 591. The number of allylic oxidation sites excluding steroid dienone is 2. The van der Waals surface area contributed by atoms with E-state index in [1.165, 1.54) is 16.5 Å². The molecule has 9 nitrogen and oxygen atoms in total. The summed E-state index contributed by atoms with van der Waals surface area (Å²) in [5.41, 5.74) is 1.35. The van der Waals surface area contributed by atoms with Crippen molar-refractivity contribution in [2.45, 2.75) is 45.1 Å². The van der Waals surface area contributed by atoms with Crippen molar-refractivity contribution in [3.05, 3.63) is 23.5 Å². The van der Waals surface area contributed by atoms with Gasteiger partial charge in [0.1, 0.15) is 0 Å². The van der Waals surface area contributed by atoms with Crippen molar-refractivity contribution in [2.75, 3.05) is 0 Å². The van der Waals surface area contributed by atoms with Crippen LogP contribution in [0.2, 0.25) is 0 Å². The van der Waals surface area contributed by atoms with Gasteiger partial charge in [0, 0.05) is 19.2 Å². The van der Waals surface area contributed by atoms with Crippen LogP contribution in [0.5, 0.6) is 0 Å². The van der Waals surface area contributed by atoms with Crippen LogP contribution < -0.4 is 0 Å². The molecule has 1 heterocycles. The minimum absolute atomic E-state index is 0.138. The quantitative estimate of drug-likeness (QED) is 0.310. The van der Waals surface area contributed by atoms with Gasteiger partial charge in [0.15, 0.2) is 5.40 Å². The van der Waals surface area contributed by atoms with E-state index in [0.29, 0.717) is 6.54 Å². The van der Waals surface area contributed by atoms with Gasteiger partial charge in [-0.3, -0.25) is 13.8 Å². The van der Waals surface area contributed by atoms with Crippen molar-refractivity contribution < 1.29 is 28.7 Å². The van der Waals surface area contributed by atoms with Crippen LogP contribution in [-0.4, -0.2) is 40.0 Å². The van der Waals surface area contributed by atoms with Gasteiger partial charge in [-0.2, -0.15) is 0 Å². The number of hydrogen-bond acceptors (Lipinski definition) is 4. The maximum atomic E-state index is 11.2. The van der Waals surface area contributed by atoms with E-state index < -0.39 is 27.0 Å². The Hall–Kier alpha value is -0.820. The lowest BCUT2D eigenvalue weighted by molar-refractivity contribution is 0.337. The van der Waals surface area contributed by atoms with E-state index in [1.807, 2.05) is 13.8 Å². The molecule has 0 fully saturated rings.